The van der Waals surface area contributed by atoms with Crippen LogP contribution in [0.2, 0.25) is 0 Å². The molecule has 0 spiro atoms. The van der Waals surface area contributed by atoms with Gasteiger partial charge in [-0.1, -0.05) is 0 Å². The molecule has 1 heterocycles. The SMILES string of the molecule is O=[C]([Cr])c1cc(O)cc2c(Br)cn(-c3ccc(O)cc3)c(=O)c12. The Labute approximate surface area is 147 Å². The fourth-order valence-electron chi connectivity index (χ4n) is 2.37. The number of hydrogen-bond acceptors (Lipinski definition) is 4. The van der Waals surface area contributed by atoms with Gasteiger partial charge in [-0.3, -0.25) is 0 Å². The molecule has 0 amide bonds. The molecular weight excluding hydrogens is 402 g/mol. The fourth-order valence-corrected chi connectivity index (χ4v) is 3.14. The summed E-state index contributed by atoms with van der Waals surface area (Å²) in [6.45, 7) is 0. The quantitative estimate of drug-likeness (QED) is 0.680. The van der Waals surface area contributed by atoms with Crippen LogP contribution in [0.4, 0.5) is 0 Å². The molecule has 2 aromatic carbocycles. The van der Waals surface area contributed by atoms with Crippen molar-refractivity contribution in [3.05, 3.63) is 63.0 Å². The van der Waals surface area contributed by atoms with Crippen LogP contribution in [0, 0.1) is 0 Å². The van der Waals surface area contributed by atoms with Gasteiger partial charge in [-0.15, -0.1) is 0 Å². The van der Waals surface area contributed by atoms with Crippen LogP contribution in [0.25, 0.3) is 16.5 Å². The van der Waals surface area contributed by atoms with Crippen LogP contribution < -0.4 is 5.56 Å². The number of nitrogens with zero attached hydrogens (tertiary/aromatic N) is 1. The number of benzene rings is 2. The van der Waals surface area contributed by atoms with Gasteiger partial charge in [0.05, 0.1) is 0 Å². The van der Waals surface area contributed by atoms with Crippen molar-refractivity contribution in [1.82, 2.24) is 4.57 Å². The van der Waals surface area contributed by atoms with Crippen LogP contribution in [0.3, 0.4) is 0 Å². The second-order valence-corrected chi connectivity index (χ2v) is 6.31. The summed E-state index contributed by atoms with van der Waals surface area (Å²) in [6.07, 6.45) is 1.56. The molecule has 2 N–H and O–H groups in total. The van der Waals surface area contributed by atoms with E-state index < -0.39 is 10.2 Å². The predicted molar refractivity (Wildman–Crippen MR) is 84.9 cm³/mol. The van der Waals surface area contributed by atoms with Crippen molar-refractivity contribution >= 4 is 31.3 Å². The maximum absolute atomic E-state index is 12.8. The Morgan fingerprint density at radius 1 is 1.09 bits per heavy atom. The van der Waals surface area contributed by atoms with E-state index in [-0.39, 0.29) is 22.4 Å². The number of pyridine rings is 1. The zero-order valence-corrected chi connectivity index (χ0v) is 14.3. The molecule has 0 aliphatic rings. The van der Waals surface area contributed by atoms with Gasteiger partial charge in [0.1, 0.15) is 0 Å². The molecule has 115 valence electrons. The minimum absolute atomic E-state index is 0.0885. The zero-order chi connectivity index (χ0) is 16.7. The van der Waals surface area contributed by atoms with E-state index in [1.54, 1.807) is 18.3 Å². The molecule has 0 aliphatic carbocycles. The van der Waals surface area contributed by atoms with Crippen LogP contribution in [0.15, 0.2) is 51.9 Å². The first-order chi connectivity index (χ1) is 10.9. The average Bonchev–Trinajstić information content (AvgIpc) is 2.51. The number of phenols is 2. The van der Waals surface area contributed by atoms with E-state index in [1.807, 2.05) is 0 Å². The molecule has 0 radical (unpaired) electrons. The van der Waals surface area contributed by atoms with E-state index in [1.165, 1.54) is 28.8 Å². The van der Waals surface area contributed by atoms with Crippen molar-refractivity contribution in [2.45, 2.75) is 0 Å². The molecule has 0 atom stereocenters. The standard InChI is InChI=1S/C16H9BrNO4.Cr/c17-14-7-18(10-1-3-11(20)4-2-10)16(22)15-9(8-19)5-12(21)6-13(14)15;/h1-7,20-21H;. The number of fused-ring (bicyclic) bond motifs is 1. The second-order valence-electron chi connectivity index (χ2n) is 4.87. The third-order valence-electron chi connectivity index (χ3n) is 3.40. The average molecular weight is 411 g/mol. The normalized spacial score (nSPS) is 10.8. The zero-order valence-electron chi connectivity index (χ0n) is 11.5. The summed E-state index contributed by atoms with van der Waals surface area (Å²) in [4.78, 5) is 24.6. The summed E-state index contributed by atoms with van der Waals surface area (Å²) in [7, 11) is 0. The Bertz CT molecular complexity index is 996. The van der Waals surface area contributed by atoms with Crippen molar-refractivity contribution in [2.75, 3.05) is 0 Å². The van der Waals surface area contributed by atoms with Gasteiger partial charge in [-0.25, -0.2) is 0 Å². The van der Waals surface area contributed by atoms with E-state index >= 15 is 0 Å². The van der Waals surface area contributed by atoms with Crippen molar-refractivity contribution in [3.8, 4) is 17.2 Å². The monoisotopic (exact) mass is 410 g/mol. The van der Waals surface area contributed by atoms with Crippen molar-refractivity contribution in [2.24, 2.45) is 0 Å². The molecule has 0 saturated heterocycles. The summed E-state index contributed by atoms with van der Waals surface area (Å²) in [6, 6.07) is 8.81. The summed E-state index contributed by atoms with van der Waals surface area (Å²) >= 11 is 5.71. The Balaban J connectivity index is 2.43. The number of aromatic nitrogens is 1. The minimum atomic E-state index is -0.432. The van der Waals surface area contributed by atoms with Gasteiger partial charge in [-0.05, 0) is 0 Å². The van der Waals surface area contributed by atoms with Gasteiger partial charge in [0, 0.05) is 0 Å². The van der Waals surface area contributed by atoms with E-state index in [0.29, 0.717) is 15.5 Å². The molecule has 3 aromatic rings. The summed E-state index contributed by atoms with van der Waals surface area (Å²) < 4.78 is 1.49. The maximum atomic E-state index is 12.8. The summed E-state index contributed by atoms with van der Waals surface area (Å²) in [5.74, 6) is -0.0100. The van der Waals surface area contributed by atoms with Gasteiger partial charge >= 0.3 is 147 Å². The first-order valence-electron chi connectivity index (χ1n) is 6.47. The molecule has 0 unspecified atom stereocenters. The van der Waals surface area contributed by atoms with Crippen LogP contribution in [0.1, 0.15) is 10.4 Å². The molecule has 7 heteroatoms. The van der Waals surface area contributed by atoms with Gasteiger partial charge in [0.15, 0.2) is 0 Å². The summed E-state index contributed by atoms with van der Waals surface area (Å²) in [5.41, 5.74) is 0.258. The van der Waals surface area contributed by atoms with Crippen molar-refractivity contribution < 1.29 is 31.3 Å². The number of carbonyl (C=O) groups excluding carboxylic acids is 1. The number of carbonyl (C=O) groups is 1. The first kappa shape index (κ1) is 15.8. The Hall–Kier alpha value is -2.07. The van der Waals surface area contributed by atoms with Crippen LogP contribution in [-0.4, -0.2) is 19.4 Å². The molecule has 23 heavy (non-hydrogen) atoms. The molecule has 0 bridgehead atoms. The number of aromatic hydroxyl groups is 2. The number of hydrogen-bond donors (Lipinski definition) is 2. The number of rotatable bonds is 2. The Morgan fingerprint density at radius 3 is 2.35 bits per heavy atom. The van der Waals surface area contributed by atoms with E-state index in [0.717, 1.165) is 0 Å². The van der Waals surface area contributed by atoms with Crippen LogP contribution in [0.5, 0.6) is 11.5 Å². The number of halogens is 1. The topological polar surface area (TPSA) is 79.5 Å². The molecule has 1 aromatic heterocycles. The molecular formula is C16H9BrCrNO4. The fraction of sp³-hybridized carbons (Fsp3) is 0. The molecule has 5 nitrogen and oxygen atoms in total. The molecule has 0 aliphatic heterocycles. The second kappa shape index (κ2) is 5.85. The van der Waals surface area contributed by atoms with Gasteiger partial charge in [-0.2, -0.15) is 0 Å². The van der Waals surface area contributed by atoms with Crippen molar-refractivity contribution in [1.29, 1.82) is 0 Å². The van der Waals surface area contributed by atoms with E-state index in [2.05, 4.69) is 32.2 Å². The van der Waals surface area contributed by atoms with E-state index in [9.17, 15) is 19.8 Å². The molecule has 0 saturated carbocycles. The number of phenolic OH excluding ortho intramolecular Hbond substituents is 2. The third kappa shape index (κ3) is 2.79. The summed E-state index contributed by atoms with van der Waals surface area (Å²) in [5, 5.41) is 19.8. The van der Waals surface area contributed by atoms with Crippen LogP contribution in [-0.2, 0) is 16.3 Å². The van der Waals surface area contributed by atoms with Gasteiger partial charge < -0.3 is 0 Å². The van der Waals surface area contributed by atoms with Crippen molar-refractivity contribution in [3.63, 3.8) is 0 Å². The van der Waals surface area contributed by atoms with Gasteiger partial charge in [0.2, 0.25) is 0 Å². The first-order valence-corrected chi connectivity index (χ1v) is 7.90. The van der Waals surface area contributed by atoms with Crippen LogP contribution >= 0.6 is 15.9 Å². The Kier molecular flexibility index (Phi) is 4.03. The molecule has 3 rings (SSSR count). The van der Waals surface area contributed by atoms with E-state index in [4.69, 9.17) is 0 Å². The predicted octanol–water partition coefficient (Wildman–Crippen LogP) is 2.85. The van der Waals surface area contributed by atoms with Gasteiger partial charge in [0.25, 0.3) is 0 Å². The Morgan fingerprint density at radius 2 is 1.74 bits per heavy atom. The molecule has 0 fully saturated rings. The third-order valence-corrected chi connectivity index (χ3v) is 4.38.